The molecule has 0 aliphatic carbocycles. The molecule has 0 saturated heterocycles. The zero-order valence-corrected chi connectivity index (χ0v) is 22.1. The molecule has 5 rings (SSSR count). The van der Waals surface area contributed by atoms with Crippen LogP contribution in [0.25, 0.3) is 0 Å². The summed E-state index contributed by atoms with van der Waals surface area (Å²) in [6, 6.07) is 44.7. The van der Waals surface area contributed by atoms with E-state index >= 15 is 0 Å². The predicted molar refractivity (Wildman–Crippen MR) is 157 cm³/mol. The van der Waals surface area contributed by atoms with Gasteiger partial charge in [0, 0.05) is 26.2 Å². The minimum absolute atomic E-state index is 0.187. The van der Waals surface area contributed by atoms with E-state index in [2.05, 4.69) is 12.1 Å². The van der Waals surface area contributed by atoms with E-state index < -0.39 is 0 Å². The number of aromatic nitrogens is 2. The lowest BCUT2D eigenvalue weighted by Gasteiger charge is -2.28. The van der Waals surface area contributed by atoms with Crippen LogP contribution in [0.3, 0.4) is 0 Å². The Balaban J connectivity index is 1.58. The van der Waals surface area contributed by atoms with Crippen LogP contribution >= 0.6 is 0 Å². The molecule has 1 aromatic heterocycles. The molecule has 0 aliphatic rings. The highest BCUT2D eigenvalue weighted by molar-refractivity contribution is 5.61. The molecule has 0 unspecified atom stereocenters. The lowest BCUT2D eigenvalue weighted by atomic mass is 10.1. The molecular formula is C34H28N6. The monoisotopic (exact) mass is 520 g/mol. The second-order valence-electron chi connectivity index (χ2n) is 9.45. The van der Waals surface area contributed by atoms with Gasteiger partial charge in [-0.15, -0.1) is 0 Å². The van der Waals surface area contributed by atoms with E-state index in [1.165, 1.54) is 0 Å². The minimum Gasteiger partial charge on any atom is -0.346 e. The zero-order chi connectivity index (χ0) is 27.6. The van der Waals surface area contributed by atoms with Crippen LogP contribution in [0.2, 0.25) is 0 Å². The Morgan fingerprint density at radius 2 is 0.675 bits per heavy atom. The first-order valence-corrected chi connectivity index (χ1v) is 13.1. The standard InChI is InChI=1S/C34H28N6/c35-21-31-33(39(23-27-13-5-1-6-14-27)24-28-15-7-2-8-16-28)37-32(22-36)34(38-31)40(25-29-17-9-3-10-18-29)26-30-19-11-4-12-20-30/h1-20H,23-26H2. The Kier molecular flexibility index (Phi) is 8.41. The minimum atomic E-state index is 0.187. The molecule has 0 radical (unpaired) electrons. The molecule has 40 heavy (non-hydrogen) atoms. The quantitative estimate of drug-likeness (QED) is 0.206. The molecule has 0 atom stereocenters. The van der Waals surface area contributed by atoms with Gasteiger partial charge in [0.25, 0.3) is 0 Å². The first-order chi connectivity index (χ1) is 19.7. The largest absolute Gasteiger partial charge is 0.346 e. The summed E-state index contributed by atoms with van der Waals surface area (Å²) in [5, 5.41) is 20.5. The van der Waals surface area contributed by atoms with E-state index in [4.69, 9.17) is 9.97 Å². The van der Waals surface area contributed by atoms with Gasteiger partial charge in [0.15, 0.2) is 23.0 Å². The van der Waals surface area contributed by atoms with Gasteiger partial charge in [-0.3, -0.25) is 0 Å². The van der Waals surface area contributed by atoms with Gasteiger partial charge in [-0.25, -0.2) is 9.97 Å². The van der Waals surface area contributed by atoms with Gasteiger partial charge in [-0.05, 0) is 22.3 Å². The Morgan fingerprint density at radius 3 is 0.900 bits per heavy atom. The fraction of sp³-hybridized carbons (Fsp3) is 0.118. The predicted octanol–water partition coefficient (Wildman–Crippen LogP) is 6.63. The second kappa shape index (κ2) is 12.9. The van der Waals surface area contributed by atoms with Crippen LogP contribution in [0, 0.1) is 22.7 Å². The Bertz CT molecular complexity index is 1400. The van der Waals surface area contributed by atoms with Crippen molar-refractivity contribution in [2.75, 3.05) is 9.80 Å². The molecule has 194 valence electrons. The molecule has 0 fully saturated rings. The van der Waals surface area contributed by atoms with Crippen LogP contribution in [-0.2, 0) is 26.2 Å². The van der Waals surface area contributed by atoms with Gasteiger partial charge in [0.1, 0.15) is 12.1 Å². The molecule has 0 saturated carbocycles. The summed E-state index contributed by atoms with van der Waals surface area (Å²) < 4.78 is 0. The van der Waals surface area contributed by atoms with Gasteiger partial charge in [-0.1, -0.05) is 121 Å². The molecule has 0 spiro atoms. The lowest BCUT2D eigenvalue weighted by Crippen LogP contribution is -2.28. The third-order valence-corrected chi connectivity index (χ3v) is 6.53. The van der Waals surface area contributed by atoms with Crippen LogP contribution in [0.15, 0.2) is 121 Å². The third kappa shape index (κ3) is 6.51. The van der Waals surface area contributed by atoms with Gasteiger partial charge in [0.05, 0.1) is 0 Å². The fourth-order valence-electron chi connectivity index (χ4n) is 4.64. The molecule has 6 heteroatoms. The number of nitrogens with zero attached hydrogens (tertiary/aromatic N) is 6. The first kappa shape index (κ1) is 26.2. The van der Waals surface area contributed by atoms with Gasteiger partial charge < -0.3 is 9.80 Å². The highest BCUT2D eigenvalue weighted by Gasteiger charge is 2.23. The van der Waals surface area contributed by atoms with Crippen molar-refractivity contribution in [3.63, 3.8) is 0 Å². The highest BCUT2D eigenvalue weighted by atomic mass is 15.2. The molecule has 0 amide bonds. The van der Waals surface area contributed by atoms with Crippen LogP contribution in [0.1, 0.15) is 33.6 Å². The summed E-state index contributed by atoms with van der Waals surface area (Å²) >= 11 is 0. The Hall–Kier alpha value is -5.46. The zero-order valence-electron chi connectivity index (χ0n) is 22.1. The highest BCUT2D eigenvalue weighted by Crippen LogP contribution is 2.28. The molecule has 0 N–H and O–H groups in total. The molecule has 0 aliphatic heterocycles. The average Bonchev–Trinajstić information content (AvgIpc) is 3.02. The van der Waals surface area contributed by atoms with Crippen molar-refractivity contribution in [3.05, 3.63) is 155 Å². The normalized spacial score (nSPS) is 10.3. The van der Waals surface area contributed by atoms with E-state index in [1.807, 2.05) is 131 Å². The number of nitriles is 2. The molecule has 5 aromatic rings. The summed E-state index contributed by atoms with van der Waals surface area (Å²) in [7, 11) is 0. The van der Waals surface area contributed by atoms with Crippen LogP contribution in [0.5, 0.6) is 0 Å². The number of anilines is 2. The van der Waals surface area contributed by atoms with Crippen LogP contribution < -0.4 is 9.80 Å². The summed E-state index contributed by atoms with van der Waals surface area (Å²) in [4.78, 5) is 13.6. The maximum Gasteiger partial charge on any atom is 0.185 e. The molecule has 0 bridgehead atoms. The SMILES string of the molecule is N#Cc1nc(N(Cc2ccccc2)Cc2ccccc2)c(C#N)nc1N(Cc1ccccc1)Cc1ccccc1. The Morgan fingerprint density at radius 1 is 0.425 bits per heavy atom. The smallest absolute Gasteiger partial charge is 0.185 e. The topological polar surface area (TPSA) is 79.8 Å². The van der Waals surface area contributed by atoms with Crippen molar-refractivity contribution < 1.29 is 0 Å². The number of rotatable bonds is 10. The van der Waals surface area contributed by atoms with Gasteiger partial charge in [-0.2, -0.15) is 10.5 Å². The van der Waals surface area contributed by atoms with Crippen LogP contribution in [-0.4, -0.2) is 9.97 Å². The van der Waals surface area contributed by atoms with E-state index in [9.17, 15) is 10.5 Å². The summed E-state index contributed by atoms with van der Waals surface area (Å²) in [6.45, 7) is 2.06. The second-order valence-corrected chi connectivity index (χ2v) is 9.45. The van der Waals surface area contributed by atoms with Crippen molar-refractivity contribution in [3.8, 4) is 12.1 Å². The Labute approximate surface area is 235 Å². The maximum absolute atomic E-state index is 10.3. The summed E-state index contributed by atoms with van der Waals surface area (Å²) in [5.41, 5.74) is 4.66. The first-order valence-electron chi connectivity index (χ1n) is 13.1. The molecule has 6 nitrogen and oxygen atoms in total. The number of hydrogen-bond acceptors (Lipinski definition) is 6. The van der Waals surface area contributed by atoms with Crippen molar-refractivity contribution >= 4 is 11.6 Å². The van der Waals surface area contributed by atoms with E-state index in [0.29, 0.717) is 37.8 Å². The van der Waals surface area contributed by atoms with Crippen molar-refractivity contribution in [2.45, 2.75) is 26.2 Å². The van der Waals surface area contributed by atoms with E-state index in [1.54, 1.807) is 0 Å². The fourth-order valence-corrected chi connectivity index (χ4v) is 4.64. The third-order valence-electron chi connectivity index (χ3n) is 6.53. The molecule has 1 heterocycles. The average molecular weight is 521 g/mol. The van der Waals surface area contributed by atoms with Gasteiger partial charge >= 0.3 is 0 Å². The lowest BCUT2D eigenvalue weighted by molar-refractivity contribution is 0.754. The van der Waals surface area contributed by atoms with E-state index in [-0.39, 0.29) is 11.4 Å². The van der Waals surface area contributed by atoms with Crippen molar-refractivity contribution in [1.29, 1.82) is 10.5 Å². The number of benzene rings is 4. The summed E-state index contributed by atoms with van der Waals surface area (Å²) in [5.74, 6) is 0.796. The maximum atomic E-state index is 10.3. The van der Waals surface area contributed by atoms with Gasteiger partial charge in [0.2, 0.25) is 0 Å². The summed E-state index contributed by atoms with van der Waals surface area (Å²) in [6.07, 6.45) is 0. The van der Waals surface area contributed by atoms with E-state index in [0.717, 1.165) is 22.3 Å². The van der Waals surface area contributed by atoms with Crippen molar-refractivity contribution in [2.24, 2.45) is 0 Å². The molecular weight excluding hydrogens is 492 g/mol. The number of hydrogen-bond donors (Lipinski definition) is 0. The molecule has 4 aromatic carbocycles. The van der Waals surface area contributed by atoms with Crippen molar-refractivity contribution in [1.82, 2.24) is 9.97 Å². The van der Waals surface area contributed by atoms with Crippen LogP contribution in [0.4, 0.5) is 11.6 Å².